The van der Waals surface area contributed by atoms with E-state index in [1.807, 2.05) is 39.1 Å². The lowest BCUT2D eigenvalue weighted by atomic mass is 9.95. The van der Waals surface area contributed by atoms with Crippen LogP contribution >= 0.6 is 11.3 Å². The first-order valence-corrected chi connectivity index (χ1v) is 13.5. The zero-order valence-electron chi connectivity index (χ0n) is 22.3. The Morgan fingerprint density at radius 2 is 2.08 bits per heavy atom. The van der Waals surface area contributed by atoms with Crippen LogP contribution in [-0.2, 0) is 11.2 Å². The highest BCUT2D eigenvalue weighted by Crippen LogP contribution is 2.39. The Hall–Kier alpha value is -3.94. The molecule has 4 N–H and O–H groups in total. The number of carbonyl (C=O) groups excluding carboxylic acids is 1. The Bertz CT molecular complexity index is 1350. The Balaban J connectivity index is 2.00. The molecular formula is C29H33FN6O2S. The predicted octanol–water partition coefficient (Wildman–Crippen LogP) is 5.07. The number of hydrogen-bond acceptors (Lipinski definition) is 8. The van der Waals surface area contributed by atoms with Gasteiger partial charge in [-0.2, -0.15) is 10.2 Å². The highest BCUT2D eigenvalue weighted by molar-refractivity contribution is 7.13. The van der Waals surface area contributed by atoms with E-state index in [1.54, 1.807) is 29.7 Å². The number of benzene rings is 1. The van der Waals surface area contributed by atoms with E-state index in [9.17, 15) is 19.4 Å². The maximum Gasteiger partial charge on any atom is 0.207 e. The van der Waals surface area contributed by atoms with E-state index in [-0.39, 0.29) is 18.2 Å². The van der Waals surface area contributed by atoms with E-state index in [0.29, 0.717) is 29.8 Å². The minimum atomic E-state index is -0.574. The van der Waals surface area contributed by atoms with Crippen molar-refractivity contribution in [3.05, 3.63) is 80.3 Å². The third-order valence-electron chi connectivity index (χ3n) is 6.39. The lowest BCUT2D eigenvalue weighted by Crippen LogP contribution is -2.38. The number of likely N-dealkylation sites (N-methyl/N-ethyl adjacent to an activating group) is 1. The SMILES string of the molecule is CNC(CCCNC=O)Cc1cc(-c2ccc(C#N)c(F)c2)c(C2=C/C(=C/NC(C)(C)CN=O)C(=N)C=C2)s1. The number of thiophene rings is 1. The Labute approximate surface area is 232 Å². The molecule has 0 aliphatic heterocycles. The molecule has 0 radical (unpaired) electrons. The van der Waals surface area contributed by atoms with Crippen molar-refractivity contribution in [1.82, 2.24) is 16.0 Å². The zero-order valence-corrected chi connectivity index (χ0v) is 23.1. The summed E-state index contributed by atoms with van der Waals surface area (Å²) in [5.41, 5.74) is 2.78. The number of nitrogens with zero attached hydrogens (tertiary/aromatic N) is 2. The van der Waals surface area contributed by atoms with Crippen LogP contribution in [-0.4, -0.2) is 43.8 Å². The maximum absolute atomic E-state index is 14.6. The van der Waals surface area contributed by atoms with Gasteiger partial charge >= 0.3 is 0 Å². The second kappa shape index (κ2) is 13.7. The minimum absolute atomic E-state index is 0.0103. The van der Waals surface area contributed by atoms with Crippen LogP contribution in [0.25, 0.3) is 16.7 Å². The number of nitroso groups, excluding NO2 is 1. The quantitative estimate of drug-likeness (QED) is 0.149. The summed E-state index contributed by atoms with van der Waals surface area (Å²) in [5, 5.41) is 29.7. The highest BCUT2D eigenvalue weighted by atomic mass is 32.1. The van der Waals surface area contributed by atoms with Gasteiger partial charge in [0, 0.05) is 39.7 Å². The molecule has 204 valence electrons. The third-order valence-corrected chi connectivity index (χ3v) is 7.59. The smallest absolute Gasteiger partial charge is 0.207 e. The number of nitriles is 1. The van der Waals surface area contributed by atoms with Gasteiger partial charge in [-0.15, -0.1) is 11.3 Å². The molecule has 1 aromatic carbocycles. The van der Waals surface area contributed by atoms with E-state index < -0.39 is 11.4 Å². The number of allylic oxidation sites excluding steroid dienone is 5. The summed E-state index contributed by atoms with van der Waals surface area (Å²) in [7, 11) is 1.91. The number of carbonyl (C=O) groups is 1. The average Bonchev–Trinajstić information content (AvgIpc) is 3.33. The number of halogens is 1. The summed E-state index contributed by atoms with van der Waals surface area (Å²) in [4.78, 5) is 23.3. The van der Waals surface area contributed by atoms with Crippen LogP contribution in [0.5, 0.6) is 0 Å². The minimum Gasteiger partial charge on any atom is -0.383 e. The van der Waals surface area contributed by atoms with Crippen molar-refractivity contribution in [1.29, 1.82) is 10.7 Å². The van der Waals surface area contributed by atoms with Crippen molar-refractivity contribution >= 4 is 29.0 Å². The zero-order chi connectivity index (χ0) is 28.4. The molecule has 1 aliphatic rings. The average molecular weight is 549 g/mol. The number of amides is 1. The van der Waals surface area contributed by atoms with Gasteiger partial charge in [-0.25, -0.2) is 4.39 Å². The van der Waals surface area contributed by atoms with Crippen molar-refractivity contribution in [3.8, 4) is 17.2 Å². The summed E-state index contributed by atoms with van der Waals surface area (Å²) < 4.78 is 14.6. The fourth-order valence-corrected chi connectivity index (χ4v) is 5.40. The van der Waals surface area contributed by atoms with Crippen molar-refractivity contribution < 1.29 is 9.18 Å². The Kier molecular flexibility index (Phi) is 10.4. The van der Waals surface area contributed by atoms with Gasteiger partial charge in [0.1, 0.15) is 18.4 Å². The summed E-state index contributed by atoms with van der Waals surface area (Å²) in [6.45, 7) is 4.40. The molecule has 0 bridgehead atoms. The second-order valence-electron chi connectivity index (χ2n) is 9.93. The van der Waals surface area contributed by atoms with Gasteiger partial charge in [-0.1, -0.05) is 17.3 Å². The van der Waals surface area contributed by atoms with Crippen molar-refractivity contribution in [2.24, 2.45) is 5.18 Å². The van der Waals surface area contributed by atoms with Crippen LogP contribution in [0.4, 0.5) is 4.39 Å². The molecule has 2 aromatic rings. The maximum atomic E-state index is 14.6. The van der Waals surface area contributed by atoms with Crippen LogP contribution < -0.4 is 16.0 Å². The van der Waals surface area contributed by atoms with Gasteiger partial charge in [0.15, 0.2) is 0 Å². The van der Waals surface area contributed by atoms with Crippen LogP contribution in [0, 0.1) is 27.5 Å². The fourth-order valence-electron chi connectivity index (χ4n) is 4.15. The number of hydrogen-bond donors (Lipinski definition) is 4. The predicted molar refractivity (Wildman–Crippen MR) is 155 cm³/mol. The molecule has 0 fully saturated rings. The van der Waals surface area contributed by atoms with Crippen LogP contribution in [0.2, 0.25) is 0 Å². The van der Waals surface area contributed by atoms with Crippen molar-refractivity contribution in [2.45, 2.75) is 44.7 Å². The standard InChI is InChI=1S/C29H33FN6O2S/c1-29(2,17-36-38)35-16-22-11-20(8-9-27(22)32)28-25(19-6-7-21(15-31)26(30)12-19)14-24(39-28)13-23(33-3)5-4-10-34-18-37/h6-9,11-12,14,16,18,23,32-33,35H,4-5,10,13,17H2,1-3H3,(H,34,37)/b22-16-,32-27?. The Morgan fingerprint density at radius 3 is 2.74 bits per heavy atom. The molecule has 3 rings (SSSR count). The number of rotatable bonds is 14. The molecule has 39 heavy (non-hydrogen) atoms. The molecule has 1 amide bonds. The molecule has 1 heterocycles. The van der Waals surface area contributed by atoms with Gasteiger partial charge in [0.25, 0.3) is 0 Å². The van der Waals surface area contributed by atoms with Crippen molar-refractivity contribution in [3.63, 3.8) is 0 Å². The molecule has 1 atom stereocenters. The first-order valence-electron chi connectivity index (χ1n) is 12.6. The summed E-state index contributed by atoms with van der Waals surface area (Å²) in [6.07, 6.45) is 10.4. The normalized spacial score (nSPS) is 15.0. The highest BCUT2D eigenvalue weighted by Gasteiger charge is 2.21. The molecule has 0 saturated heterocycles. The van der Waals surface area contributed by atoms with Crippen LogP contribution in [0.1, 0.15) is 42.0 Å². The van der Waals surface area contributed by atoms with Gasteiger partial charge in [-0.3, -0.25) is 4.79 Å². The van der Waals surface area contributed by atoms with Crippen LogP contribution in [0.15, 0.2) is 59.4 Å². The molecule has 1 unspecified atom stereocenters. The summed E-state index contributed by atoms with van der Waals surface area (Å²) >= 11 is 1.61. The van der Waals surface area contributed by atoms with E-state index >= 15 is 0 Å². The first kappa shape index (κ1) is 29.6. The molecule has 10 heteroatoms. The summed E-state index contributed by atoms with van der Waals surface area (Å²) in [6, 6.07) is 8.74. The largest absolute Gasteiger partial charge is 0.383 e. The molecule has 0 spiro atoms. The second-order valence-corrected chi connectivity index (χ2v) is 11.1. The van der Waals surface area contributed by atoms with E-state index in [2.05, 4.69) is 27.2 Å². The fraction of sp³-hybridized carbons (Fsp3) is 0.345. The lowest BCUT2D eigenvalue weighted by molar-refractivity contribution is -0.109. The summed E-state index contributed by atoms with van der Waals surface area (Å²) in [5.74, 6) is -0.574. The van der Waals surface area contributed by atoms with Gasteiger partial charge in [-0.05, 0) is 81.6 Å². The topological polar surface area (TPSA) is 130 Å². The molecule has 1 aromatic heterocycles. The van der Waals surface area contributed by atoms with E-state index in [0.717, 1.165) is 40.2 Å². The van der Waals surface area contributed by atoms with Gasteiger partial charge < -0.3 is 21.4 Å². The van der Waals surface area contributed by atoms with Crippen molar-refractivity contribution in [2.75, 3.05) is 20.1 Å². The number of nitrogens with one attached hydrogen (secondary N) is 4. The molecular weight excluding hydrogens is 515 g/mol. The monoisotopic (exact) mass is 548 g/mol. The van der Waals surface area contributed by atoms with Gasteiger partial charge in [0.2, 0.25) is 6.41 Å². The third kappa shape index (κ3) is 8.02. The van der Waals surface area contributed by atoms with Gasteiger partial charge in [0.05, 0.1) is 16.8 Å². The van der Waals surface area contributed by atoms with E-state index in [4.69, 9.17) is 5.41 Å². The lowest BCUT2D eigenvalue weighted by Gasteiger charge is -2.22. The van der Waals surface area contributed by atoms with Crippen LogP contribution in [0.3, 0.4) is 0 Å². The Morgan fingerprint density at radius 1 is 1.28 bits per heavy atom. The molecule has 0 saturated carbocycles. The molecule has 8 nitrogen and oxygen atoms in total. The molecule has 1 aliphatic carbocycles. The first-order chi connectivity index (χ1) is 18.7. The van der Waals surface area contributed by atoms with E-state index in [1.165, 1.54) is 12.1 Å².